The zero-order valence-electron chi connectivity index (χ0n) is 21.1. The lowest BCUT2D eigenvalue weighted by Crippen LogP contribution is -2.41. The number of sulfonamides is 1. The molecule has 10 heteroatoms. The minimum absolute atomic E-state index is 0.159. The number of halogens is 1. The number of hydrogen-bond acceptors (Lipinski definition) is 6. The van der Waals surface area contributed by atoms with Crippen LogP contribution in [-0.4, -0.2) is 47.4 Å². The second kappa shape index (κ2) is 13.3. The summed E-state index contributed by atoms with van der Waals surface area (Å²) in [5.41, 5.74) is 2.24. The van der Waals surface area contributed by atoms with Crippen molar-refractivity contribution in [1.29, 1.82) is 0 Å². The molecule has 0 unspecified atom stereocenters. The third kappa shape index (κ3) is 7.62. The zero-order valence-corrected chi connectivity index (χ0v) is 22.7. The fourth-order valence-corrected chi connectivity index (χ4v) is 5.99. The van der Waals surface area contributed by atoms with Crippen molar-refractivity contribution < 1.29 is 27.1 Å². The Labute approximate surface area is 222 Å². The van der Waals surface area contributed by atoms with Gasteiger partial charge in [0.2, 0.25) is 5.91 Å². The Morgan fingerprint density at radius 1 is 1.00 bits per heavy atom. The lowest BCUT2D eigenvalue weighted by molar-refractivity contribution is -0.119. The van der Waals surface area contributed by atoms with Gasteiger partial charge in [0.15, 0.2) is 11.5 Å². The van der Waals surface area contributed by atoms with Gasteiger partial charge in [-0.1, -0.05) is 42.0 Å². The third-order valence-corrected chi connectivity index (χ3v) is 8.36. The van der Waals surface area contributed by atoms with Crippen LogP contribution >= 0.6 is 11.8 Å². The molecular formula is C27H31FN2O5S2. The van der Waals surface area contributed by atoms with Gasteiger partial charge in [-0.2, -0.15) is 11.8 Å². The van der Waals surface area contributed by atoms with Gasteiger partial charge in [0.05, 0.1) is 24.8 Å². The van der Waals surface area contributed by atoms with E-state index in [1.807, 2.05) is 6.07 Å². The molecule has 1 N–H and O–H groups in total. The topological polar surface area (TPSA) is 84.9 Å². The van der Waals surface area contributed by atoms with E-state index in [1.54, 1.807) is 11.8 Å². The molecule has 3 aromatic carbocycles. The van der Waals surface area contributed by atoms with E-state index in [-0.39, 0.29) is 16.3 Å². The van der Waals surface area contributed by atoms with Gasteiger partial charge in [0.1, 0.15) is 12.4 Å². The molecule has 0 aromatic heterocycles. The first-order valence-corrected chi connectivity index (χ1v) is 14.2. The minimum Gasteiger partial charge on any atom is -0.493 e. The lowest BCUT2D eigenvalue weighted by atomic mass is 10.2. The van der Waals surface area contributed by atoms with Crippen LogP contribution in [0.2, 0.25) is 0 Å². The molecule has 37 heavy (non-hydrogen) atoms. The molecular weight excluding hydrogens is 515 g/mol. The zero-order chi connectivity index (χ0) is 26.8. The van der Waals surface area contributed by atoms with Crippen LogP contribution in [0.15, 0.2) is 71.6 Å². The van der Waals surface area contributed by atoms with Crippen LogP contribution in [0.4, 0.5) is 10.1 Å². The molecule has 0 aliphatic rings. The highest BCUT2D eigenvalue weighted by Gasteiger charge is 2.30. The van der Waals surface area contributed by atoms with E-state index in [1.165, 1.54) is 61.7 Å². The lowest BCUT2D eigenvalue weighted by Gasteiger charge is -2.25. The number of anilines is 1. The van der Waals surface area contributed by atoms with Crippen LogP contribution in [0.25, 0.3) is 0 Å². The van der Waals surface area contributed by atoms with Gasteiger partial charge in [-0.15, -0.1) is 0 Å². The van der Waals surface area contributed by atoms with Crippen LogP contribution in [0, 0.1) is 12.7 Å². The van der Waals surface area contributed by atoms with Gasteiger partial charge in [0, 0.05) is 18.4 Å². The van der Waals surface area contributed by atoms with Gasteiger partial charge >= 0.3 is 0 Å². The number of thioether (sulfide) groups is 1. The summed E-state index contributed by atoms with van der Waals surface area (Å²) >= 11 is 1.76. The van der Waals surface area contributed by atoms with Gasteiger partial charge in [-0.3, -0.25) is 9.10 Å². The van der Waals surface area contributed by atoms with Crippen molar-refractivity contribution in [2.45, 2.75) is 24.0 Å². The summed E-state index contributed by atoms with van der Waals surface area (Å²) in [5, 5.41) is 2.75. The second-order valence-electron chi connectivity index (χ2n) is 8.23. The number of para-hydroxylation sites is 1. The van der Waals surface area contributed by atoms with Crippen LogP contribution in [0.5, 0.6) is 11.5 Å². The maximum atomic E-state index is 14.7. The summed E-state index contributed by atoms with van der Waals surface area (Å²) in [5.74, 6) is 0.958. The average molecular weight is 547 g/mol. The van der Waals surface area contributed by atoms with E-state index >= 15 is 0 Å². The largest absolute Gasteiger partial charge is 0.493 e. The van der Waals surface area contributed by atoms with Crippen LogP contribution in [0.1, 0.15) is 17.5 Å². The first-order chi connectivity index (χ1) is 17.8. The molecule has 0 saturated heterocycles. The van der Waals surface area contributed by atoms with E-state index < -0.39 is 28.3 Å². The van der Waals surface area contributed by atoms with Crippen LogP contribution in [0.3, 0.4) is 0 Å². The Morgan fingerprint density at radius 2 is 1.76 bits per heavy atom. The smallest absolute Gasteiger partial charge is 0.265 e. The molecule has 0 atom stereocenters. The number of methoxy groups -OCH3 is 2. The molecule has 0 radical (unpaired) electrons. The number of nitrogens with zero attached hydrogens (tertiary/aromatic N) is 1. The molecule has 198 valence electrons. The van der Waals surface area contributed by atoms with Crippen LogP contribution in [-0.2, 0) is 20.6 Å². The first-order valence-electron chi connectivity index (χ1n) is 11.7. The Morgan fingerprint density at radius 3 is 2.46 bits per heavy atom. The maximum absolute atomic E-state index is 14.7. The molecule has 0 heterocycles. The molecule has 0 fully saturated rings. The molecule has 0 saturated carbocycles. The van der Waals surface area contributed by atoms with Gasteiger partial charge in [-0.25, -0.2) is 12.8 Å². The number of amides is 1. The molecule has 1 amide bonds. The minimum atomic E-state index is -4.31. The van der Waals surface area contributed by atoms with Crippen LogP contribution < -0.4 is 19.1 Å². The monoisotopic (exact) mass is 546 g/mol. The summed E-state index contributed by atoms with van der Waals surface area (Å²) in [4.78, 5) is 12.6. The van der Waals surface area contributed by atoms with E-state index in [0.29, 0.717) is 18.7 Å². The second-order valence-corrected chi connectivity index (χ2v) is 11.2. The standard InChI is InChI=1S/C27H31FN2O5S2/c1-20-8-6-9-21(16-20)19-36-15-7-14-29-27(31)18-30(24-11-5-4-10-23(24)28)37(32,33)22-12-13-25(34-2)26(17-22)35-3/h4-6,8-13,16-17H,7,14-15,18-19H2,1-3H3,(H,29,31). The Bertz CT molecular complexity index is 1320. The maximum Gasteiger partial charge on any atom is 0.265 e. The third-order valence-electron chi connectivity index (χ3n) is 5.49. The number of carbonyl (C=O) groups excluding carboxylic acids is 1. The van der Waals surface area contributed by atoms with Crippen molar-refractivity contribution >= 4 is 33.4 Å². The van der Waals surface area contributed by atoms with Gasteiger partial charge in [0.25, 0.3) is 10.0 Å². The number of hydrogen-bond donors (Lipinski definition) is 1. The van der Waals surface area contributed by atoms with E-state index in [4.69, 9.17) is 9.47 Å². The summed E-state index contributed by atoms with van der Waals surface area (Å²) in [7, 11) is -1.49. The number of nitrogens with one attached hydrogen (secondary N) is 1. The van der Waals surface area contributed by atoms with Gasteiger partial charge in [-0.05, 0) is 48.9 Å². The molecule has 7 nitrogen and oxygen atoms in total. The molecule has 0 aliphatic carbocycles. The quantitative estimate of drug-likeness (QED) is 0.311. The van der Waals surface area contributed by atoms with Crippen molar-refractivity contribution in [3.63, 3.8) is 0 Å². The molecule has 0 spiro atoms. The summed E-state index contributed by atoms with van der Waals surface area (Å²) in [6, 6.07) is 17.8. The predicted molar refractivity (Wildman–Crippen MR) is 145 cm³/mol. The summed E-state index contributed by atoms with van der Waals surface area (Å²) in [6.45, 7) is 1.86. The number of rotatable bonds is 13. The number of benzene rings is 3. The van der Waals surface area contributed by atoms with Crippen molar-refractivity contribution in [3.8, 4) is 11.5 Å². The molecule has 0 aliphatic heterocycles. The normalized spacial score (nSPS) is 11.1. The highest BCUT2D eigenvalue weighted by atomic mass is 32.2. The summed E-state index contributed by atoms with van der Waals surface area (Å²) in [6.07, 6.45) is 0.713. The fraction of sp³-hybridized carbons (Fsp3) is 0.296. The Kier molecular flexibility index (Phi) is 10.2. The molecule has 3 aromatic rings. The van der Waals surface area contributed by atoms with Crippen molar-refractivity contribution in [1.82, 2.24) is 5.32 Å². The number of aryl methyl sites for hydroxylation is 1. The molecule has 3 rings (SSSR count). The van der Waals surface area contributed by atoms with Gasteiger partial charge < -0.3 is 14.8 Å². The summed E-state index contributed by atoms with van der Waals surface area (Å²) < 4.78 is 52.9. The Hall–Kier alpha value is -3.24. The van der Waals surface area contributed by atoms with E-state index in [2.05, 4.69) is 30.4 Å². The first kappa shape index (κ1) is 28.3. The van der Waals surface area contributed by atoms with Crippen molar-refractivity contribution in [2.75, 3.05) is 37.4 Å². The number of ether oxygens (including phenoxy) is 2. The van der Waals surface area contributed by atoms with E-state index in [9.17, 15) is 17.6 Å². The highest BCUT2D eigenvalue weighted by Crippen LogP contribution is 2.32. The van der Waals surface area contributed by atoms with E-state index in [0.717, 1.165) is 21.9 Å². The number of carbonyl (C=O) groups is 1. The fourth-order valence-electron chi connectivity index (χ4n) is 3.64. The van der Waals surface area contributed by atoms with Crippen molar-refractivity contribution in [2.24, 2.45) is 0 Å². The average Bonchev–Trinajstić information content (AvgIpc) is 2.89. The predicted octanol–water partition coefficient (Wildman–Crippen LogP) is 4.79. The SMILES string of the molecule is COc1ccc(S(=O)(=O)N(CC(=O)NCCCSCc2cccc(C)c2)c2ccccc2F)cc1OC. The molecule has 0 bridgehead atoms. The van der Waals surface area contributed by atoms with Crippen molar-refractivity contribution in [3.05, 3.63) is 83.7 Å². The Balaban J connectivity index is 1.67. The highest BCUT2D eigenvalue weighted by molar-refractivity contribution is 7.98.